The highest BCUT2D eigenvalue weighted by molar-refractivity contribution is 5.66. The molecule has 0 radical (unpaired) electrons. The Morgan fingerprint density at radius 2 is 1.90 bits per heavy atom. The molecule has 2 atom stereocenters. The molecule has 0 aliphatic rings. The van der Waals surface area contributed by atoms with E-state index in [0.717, 1.165) is 11.3 Å². The van der Waals surface area contributed by atoms with Crippen LogP contribution in [0.25, 0.3) is 0 Å². The van der Waals surface area contributed by atoms with E-state index in [2.05, 4.69) is 5.32 Å². The molecule has 0 spiro atoms. The zero-order valence-corrected chi connectivity index (χ0v) is 12.9. The summed E-state index contributed by atoms with van der Waals surface area (Å²) < 4.78 is 5.56. The summed E-state index contributed by atoms with van der Waals surface area (Å²) in [7, 11) is 0. The number of likely N-dealkylation sites (N-methyl/N-ethyl adjacent to an activating group) is 1. The maximum Gasteiger partial charge on any atom is 0.303 e. The number of carboxylic acid groups (broad SMARTS) is 1. The predicted octanol–water partition coefficient (Wildman–Crippen LogP) is 2.35. The molecule has 5 heteroatoms. The Labute approximate surface area is 125 Å². The van der Waals surface area contributed by atoms with Gasteiger partial charge >= 0.3 is 5.97 Å². The van der Waals surface area contributed by atoms with E-state index in [-0.39, 0.29) is 18.6 Å². The first-order chi connectivity index (χ1) is 9.93. The van der Waals surface area contributed by atoms with Gasteiger partial charge in [-0.25, -0.2) is 0 Å². The van der Waals surface area contributed by atoms with E-state index in [0.29, 0.717) is 13.0 Å². The van der Waals surface area contributed by atoms with Crippen molar-refractivity contribution in [3.05, 3.63) is 29.8 Å². The van der Waals surface area contributed by atoms with Crippen molar-refractivity contribution in [1.29, 1.82) is 0 Å². The molecular weight excluding hydrogens is 270 g/mol. The van der Waals surface area contributed by atoms with Crippen LogP contribution >= 0.6 is 0 Å². The number of aliphatic hydroxyl groups excluding tert-OH is 1. The summed E-state index contributed by atoms with van der Waals surface area (Å²) in [5.41, 5.74) is 0.752. The molecule has 0 aliphatic heterocycles. The fourth-order valence-electron chi connectivity index (χ4n) is 2.16. The van der Waals surface area contributed by atoms with Gasteiger partial charge in [0.25, 0.3) is 0 Å². The molecule has 0 fully saturated rings. The summed E-state index contributed by atoms with van der Waals surface area (Å²) in [6.45, 7) is 6.52. The smallest absolute Gasteiger partial charge is 0.303 e. The molecule has 0 bridgehead atoms. The lowest BCUT2D eigenvalue weighted by Crippen LogP contribution is -2.35. The van der Waals surface area contributed by atoms with Crippen molar-refractivity contribution in [2.75, 3.05) is 6.54 Å². The fraction of sp³-hybridized carbons (Fsp3) is 0.562. The quantitative estimate of drug-likeness (QED) is 0.652. The Kier molecular flexibility index (Phi) is 7.19. The molecule has 1 rings (SSSR count). The number of carboxylic acids is 1. The predicted molar refractivity (Wildman–Crippen MR) is 81.5 cm³/mol. The van der Waals surface area contributed by atoms with Crippen molar-refractivity contribution in [3.63, 3.8) is 0 Å². The summed E-state index contributed by atoms with van der Waals surface area (Å²) in [6, 6.07) is 6.99. The van der Waals surface area contributed by atoms with E-state index in [4.69, 9.17) is 9.84 Å². The van der Waals surface area contributed by atoms with Crippen molar-refractivity contribution in [2.45, 2.75) is 51.9 Å². The molecule has 0 saturated heterocycles. The van der Waals surface area contributed by atoms with Crippen LogP contribution in [0.5, 0.6) is 5.75 Å². The van der Waals surface area contributed by atoms with Gasteiger partial charge < -0.3 is 20.3 Å². The van der Waals surface area contributed by atoms with Crippen LogP contribution in [0.1, 0.15) is 45.3 Å². The average molecular weight is 295 g/mol. The van der Waals surface area contributed by atoms with Crippen LogP contribution in [0.15, 0.2) is 24.3 Å². The summed E-state index contributed by atoms with van der Waals surface area (Å²) in [4.78, 5) is 10.7. The van der Waals surface area contributed by atoms with Crippen LogP contribution < -0.4 is 10.1 Å². The summed E-state index contributed by atoms with van der Waals surface area (Å²) in [5.74, 6) is -0.0997. The van der Waals surface area contributed by atoms with Gasteiger partial charge in [-0.3, -0.25) is 4.79 Å². The molecule has 1 aromatic carbocycles. The molecule has 0 aliphatic carbocycles. The Bertz CT molecular complexity index is 430. The van der Waals surface area contributed by atoms with Crippen LogP contribution in [-0.2, 0) is 4.79 Å². The Morgan fingerprint density at radius 3 is 2.38 bits per heavy atom. The number of hydrogen-bond acceptors (Lipinski definition) is 4. The minimum atomic E-state index is -0.856. The van der Waals surface area contributed by atoms with E-state index < -0.39 is 12.1 Å². The van der Waals surface area contributed by atoms with E-state index in [1.807, 2.05) is 45.0 Å². The van der Waals surface area contributed by atoms with Gasteiger partial charge in [0.1, 0.15) is 5.75 Å². The lowest BCUT2D eigenvalue weighted by atomic mass is 9.98. The summed E-state index contributed by atoms with van der Waals surface area (Å²) in [5, 5.41) is 22.3. The number of aliphatic carboxylic acids is 1. The van der Waals surface area contributed by atoms with Crippen LogP contribution in [-0.4, -0.2) is 34.9 Å². The number of ether oxygens (including phenoxy) is 1. The van der Waals surface area contributed by atoms with Crippen molar-refractivity contribution < 1.29 is 19.7 Å². The minimum absolute atomic E-state index is 0.0310. The monoisotopic (exact) mass is 295 g/mol. The first kappa shape index (κ1) is 17.5. The highest BCUT2D eigenvalue weighted by Crippen LogP contribution is 2.23. The van der Waals surface area contributed by atoms with Crippen LogP contribution in [0.3, 0.4) is 0 Å². The van der Waals surface area contributed by atoms with Crippen LogP contribution in [0, 0.1) is 0 Å². The number of aliphatic hydroxyl groups is 1. The topological polar surface area (TPSA) is 78.8 Å². The van der Waals surface area contributed by atoms with Gasteiger partial charge in [0.05, 0.1) is 12.2 Å². The molecule has 3 N–H and O–H groups in total. The van der Waals surface area contributed by atoms with Crippen molar-refractivity contribution >= 4 is 5.97 Å². The van der Waals surface area contributed by atoms with Gasteiger partial charge in [-0.2, -0.15) is 0 Å². The van der Waals surface area contributed by atoms with Gasteiger partial charge in [-0.1, -0.05) is 19.1 Å². The zero-order chi connectivity index (χ0) is 15.8. The van der Waals surface area contributed by atoms with Gasteiger partial charge in [-0.05, 0) is 44.5 Å². The van der Waals surface area contributed by atoms with Crippen LogP contribution in [0.2, 0.25) is 0 Å². The third-order valence-corrected chi connectivity index (χ3v) is 3.11. The van der Waals surface area contributed by atoms with Crippen LogP contribution in [0.4, 0.5) is 0 Å². The molecule has 21 heavy (non-hydrogen) atoms. The Balaban J connectivity index is 2.72. The molecule has 0 heterocycles. The molecule has 118 valence electrons. The molecule has 0 aromatic heterocycles. The summed E-state index contributed by atoms with van der Waals surface area (Å²) in [6.07, 6.45) is -0.221. The van der Waals surface area contributed by atoms with Crippen molar-refractivity contribution in [1.82, 2.24) is 5.32 Å². The maximum atomic E-state index is 10.7. The van der Waals surface area contributed by atoms with Gasteiger partial charge in [0, 0.05) is 12.5 Å². The van der Waals surface area contributed by atoms with Gasteiger partial charge in [-0.15, -0.1) is 0 Å². The second-order valence-corrected chi connectivity index (χ2v) is 5.28. The first-order valence-corrected chi connectivity index (χ1v) is 7.33. The first-order valence-electron chi connectivity index (χ1n) is 7.33. The minimum Gasteiger partial charge on any atom is -0.491 e. The van der Waals surface area contributed by atoms with E-state index in [9.17, 15) is 9.90 Å². The van der Waals surface area contributed by atoms with E-state index in [1.165, 1.54) is 0 Å². The molecule has 2 unspecified atom stereocenters. The second-order valence-electron chi connectivity index (χ2n) is 5.28. The van der Waals surface area contributed by atoms with Gasteiger partial charge in [0.15, 0.2) is 0 Å². The highest BCUT2D eigenvalue weighted by Gasteiger charge is 2.21. The van der Waals surface area contributed by atoms with Crippen molar-refractivity contribution in [3.8, 4) is 5.75 Å². The third-order valence-electron chi connectivity index (χ3n) is 3.11. The number of hydrogen-bond donors (Lipinski definition) is 3. The second kappa shape index (κ2) is 8.64. The Morgan fingerprint density at radius 1 is 1.29 bits per heavy atom. The number of nitrogens with one attached hydrogen (secondary N) is 1. The standard InChI is InChI=1S/C16H25NO4/c1-4-17-14(9-10-15(18)19)16(20)12-5-7-13(8-6-12)21-11(2)3/h5-8,11,14,16-17,20H,4,9-10H2,1-3H3,(H,18,19). The molecule has 0 amide bonds. The maximum absolute atomic E-state index is 10.7. The highest BCUT2D eigenvalue weighted by atomic mass is 16.5. The van der Waals surface area contributed by atoms with Gasteiger partial charge in [0.2, 0.25) is 0 Å². The lowest BCUT2D eigenvalue weighted by Gasteiger charge is -2.24. The summed E-state index contributed by atoms with van der Waals surface area (Å²) >= 11 is 0. The molecule has 1 aromatic rings. The van der Waals surface area contributed by atoms with E-state index in [1.54, 1.807) is 0 Å². The SMILES string of the molecule is CCNC(CCC(=O)O)C(O)c1ccc(OC(C)C)cc1. The zero-order valence-electron chi connectivity index (χ0n) is 12.9. The number of carbonyl (C=O) groups is 1. The largest absolute Gasteiger partial charge is 0.491 e. The fourth-order valence-corrected chi connectivity index (χ4v) is 2.16. The lowest BCUT2D eigenvalue weighted by molar-refractivity contribution is -0.137. The molecular formula is C16H25NO4. The van der Waals surface area contributed by atoms with Crippen molar-refractivity contribution in [2.24, 2.45) is 0 Å². The number of rotatable bonds is 9. The molecule has 0 saturated carbocycles. The Hall–Kier alpha value is -1.59. The third kappa shape index (κ3) is 6.14. The normalized spacial score (nSPS) is 14.0. The number of benzene rings is 1. The molecule has 5 nitrogen and oxygen atoms in total. The average Bonchev–Trinajstić information content (AvgIpc) is 2.42. The van der Waals surface area contributed by atoms with E-state index >= 15 is 0 Å².